The minimum atomic E-state index is -4.58. The fourth-order valence-corrected chi connectivity index (χ4v) is 6.99. The molecule has 1 aliphatic carbocycles. The fraction of sp³-hybridized carbons (Fsp3) is 0.615. The number of aliphatic hydroxyl groups excluding tert-OH is 1. The molecule has 6 rings (SSSR count). The van der Waals surface area contributed by atoms with Crippen LogP contribution in [-0.2, 0) is 4.74 Å². The van der Waals surface area contributed by atoms with Crippen molar-refractivity contribution in [2.24, 2.45) is 5.92 Å². The van der Waals surface area contributed by atoms with Gasteiger partial charge in [-0.15, -0.1) is 11.3 Å². The molecule has 3 aliphatic heterocycles. The van der Waals surface area contributed by atoms with Crippen LogP contribution in [0.2, 0.25) is 0 Å². The van der Waals surface area contributed by atoms with E-state index in [1.165, 1.54) is 0 Å². The van der Waals surface area contributed by atoms with Gasteiger partial charge < -0.3 is 25.4 Å². The highest BCUT2D eigenvalue weighted by molar-refractivity contribution is 7.17. The summed E-state index contributed by atoms with van der Waals surface area (Å²) in [5, 5.41) is 14.7. The van der Waals surface area contributed by atoms with Crippen molar-refractivity contribution in [1.82, 2.24) is 20.2 Å². The van der Waals surface area contributed by atoms with Gasteiger partial charge in [-0.25, -0.2) is 18.7 Å². The number of halogens is 5. The van der Waals surface area contributed by atoms with E-state index in [4.69, 9.17) is 4.74 Å². The van der Waals surface area contributed by atoms with Gasteiger partial charge in [0.2, 0.25) is 0 Å². The Labute approximate surface area is 235 Å². The average molecular weight is 602 g/mol. The topological polar surface area (TPSA) is 117 Å². The minimum absolute atomic E-state index is 0.00823. The van der Waals surface area contributed by atoms with Crippen molar-refractivity contribution >= 4 is 29.0 Å². The van der Waals surface area contributed by atoms with E-state index in [1.54, 1.807) is 4.90 Å². The zero-order valence-electron chi connectivity index (χ0n) is 21.7. The van der Waals surface area contributed by atoms with Crippen LogP contribution in [-0.4, -0.2) is 81.5 Å². The second-order valence-corrected chi connectivity index (χ2v) is 12.0. The van der Waals surface area contributed by atoms with Crippen LogP contribution in [0.5, 0.6) is 0 Å². The number of fused-ring (bicyclic) bond motifs is 2. The van der Waals surface area contributed by atoms with Crippen molar-refractivity contribution in [3.05, 3.63) is 28.5 Å². The number of pyridine rings is 1. The number of carbonyl (C=O) groups excluding carboxylic acids is 2. The van der Waals surface area contributed by atoms with Crippen LogP contribution in [0.4, 0.5) is 27.8 Å². The molecule has 2 bridgehead atoms. The third-order valence-corrected chi connectivity index (χ3v) is 9.33. The highest BCUT2D eigenvalue weighted by atomic mass is 32.1. The molecule has 3 N–H and O–H groups in total. The number of thiazole rings is 1. The van der Waals surface area contributed by atoms with Crippen molar-refractivity contribution in [1.29, 1.82) is 0 Å². The summed E-state index contributed by atoms with van der Waals surface area (Å²) in [7, 11) is 0. The number of rotatable bonds is 8. The van der Waals surface area contributed by atoms with E-state index in [-0.39, 0.29) is 52.3 Å². The first-order valence-corrected chi connectivity index (χ1v) is 14.3. The minimum Gasteiger partial charge on any atom is -0.388 e. The number of hydrogen-bond donors (Lipinski definition) is 3. The van der Waals surface area contributed by atoms with Crippen molar-refractivity contribution < 1.29 is 41.4 Å². The van der Waals surface area contributed by atoms with E-state index in [9.17, 15) is 36.6 Å². The van der Waals surface area contributed by atoms with Gasteiger partial charge in [-0.05, 0) is 50.5 Å². The Morgan fingerprint density at radius 2 is 1.78 bits per heavy atom. The Kier molecular flexibility index (Phi) is 7.39. The molecule has 0 spiro atoms. The Balaban J connectivity index is 1.37. The van der Waals surface area contributed by atoms with E-state index in [2.05, 4.69) is 20.6 Å². The van der Waals surface area contributed by atoms with Crippen molar-refractivity contribution in [3.8, 4) is 10.4 Å². The Hall–Kier alpha value is -2.91. The molecule has 0 unspecified atom stereocenters. The molecule has 3 atom stereocenters. The summed E-state index contributed by atoms with van der Waals surface area (Å²) in [6, 6.07) is -1.78. The first-order valence-electron chi connectivity index (χ1n) is 13.5. The van der Waals surface area contributed by atoms with Gasteiger partial charge in [0, 0.05) is 29.4 Å². The molecule has 1 saturated carbocycles. The molecule has 0 radical (unpaired) electrons. The molecule has 2 aromatic rings. The maximum absolute atomic E-state index is 14.4. The summed E-state index contributed by atoms with van der Waals surface area (Å²) >= 11 is 0.719. The standard InChI is InChI=1S/C26H28F5N5O4S/c27-22(28)14-7-18(34-21(11-1-2-11)26(29,30)31)32-8-15(14)20-19(25(39)36-12-3-4-13(36)6-5-12)35-24(41-20)23(38)33-16-9-40-10-17(16)37/h7-8,11-13,16-17,21-22,37H,1-6,9-10H2,(H,32,34)(H,33,38)/t12-,13+,16-,17-,21-/m0/s1. The number of ether oxygens (including phenoxy) is 1. The van der Waals surface area contributed by atoms with E-state index in [0.29, 0.717) is 12.8 Å². The predicted octanol–water partition coefficient (Wildman–Crippen LogP) is 4.15. The number of carbonyl (C=O) groups is 2. The summed E-state index contributed by atoms with van der Waals surface area (Å²) in [5.41, 5.74) is -0.998. The van der Waals surface area contributed by atoms with Gasteiger partial charge in [-0.2, -0.15) is 13.2 Å². The van der Waals surface area contributed by atoms with Gasteiger partial charge in [0.15, 0.2) is 5.01 Å². The smallest absolute Gasteiger partial charge is 0.388 e. The highest BCUT2D eigenvalue weighted by Crippen LogP contribution is 2.44. The lowest BCUT2D eigenvalue weighted by molar-refractivity contribution is -0.146. The number of aromatic nitrogens is 2. The predicted molar refractivity (Wildman–Crippen MR) is 137 cm³/mol. The van der Waals surface area contributed by atoms with Gasteiger partial charge in [0.1, 0.15) is 17.6 Å². The first-order chi connectivity index (χ1) is 19.5. The van der Waals surface area contributed by atoms with Gasteiger partial charge >= 0.3 is 6.18 Å². The maximum atomic E-state index is 14.4. The van der Waals surface area contributed by atoms with E-state index >= 15 is 0 Å². The molecule has 4 fully saturated rings. The number of aliphatic hydroxyl groups is 1. The zero-order valence-corrected chi connectivity index (χ0v) is 22.5. The summed E-state index contributed by atoms with van der Waals surface area (Å²) in [6.45, 7) is 0.108. The second-order valence-electron chi connectivity index (χ2n) is 11.0. The Morgan fingerprint density at radius 1 is 1.10 bits per heavy atom. The third kappa shape index (κ3) is 5.50. The number of hydrogen-bond acceptors (Lipinski definition) is 8. The van der Waals surface area contributed by atoms with Crippen LogP contribution in [0.15, 0.2) is 12.3 Å². The molecular weight excluding hydrogens is 573 g/mol. The molecule has 3 saturated heterocycles. The SMILES string of the molecule is O=C(N[C@H]1COC[C@@H]1O)c1nc(C(=O)N2[C@H]3CC[C@@H]2CC3)c(-c2cnc(N[C@@H](C3CC3)C(F)(F)F)cc2C(F)F)s1. The van der Waals surface area contributed by atoms with Gasteiger partial charge in [0.05, 0.1) is 30.2 Å². The Bertz CT molecular complexity index is 1320. The molecule has 9 nitrogen and oxygen atoms in total. The van der Waals surface area contributed by atoms with Crippen LogP contribution in [0.1, 0.15) is 70.8 Å². The number of anilines is 1. The molecule has 4 aliphatic rings. The number of alkyl halides is 5. The average Bonchev–Trinajstić information content (AvgIpc) is 3.24. The molecule has 2 amide bonds. The number of nitrogens with zero attached hydrogens (tertiary/aromatic N) is 3. The Morgan fingerprint density at radius 3 is 2.34 bits per heavy atom. The molecule has 2 aromatic heterocycles. The monoisotopic (exact) mass is 601 g/mol. The van der Waals surface area contributed by atoms with E-state index in [1.807, 2.05) is 0 Å². The largest absolute Gasteiger partial charge is 0.408 e. The first kappa shape index (κ1) is 28.2. The molecule has 15 heteroatoms. The normalized spacial score (nSPS) is 26.6. The zero-order chi connectivity index (χ0) is 29.1. The molecule has 0 aromatic carbocycles. The van der Waals surface area contributed by atoms with E-state index < -0.39 is 54.1 Å². The van der Waals surface area contributed by atoms with Gasteiger partial charge in [-0.1, -0.05) is 0 Å². The third-order valence-electron chi connectivity index (χ3n) is 8.24. The lowest BCUT2D eigenvalue weighted by atomic mass is 10.0. The van der Waals surface area contributed by atoms with Crippen LogP contribution in [0.25, 0.3) is 10.4 Å². The van der Waals surface area contributed by atoms with Gasteiger partial charge in [0.25, 0.3) is 18.2 Å². The lowest BCUT2D eigenvalue weighted by Crippen LogP contribution is -2.42. The highest BCUT2D eigenvalue weighted by Gasteiger charge is 2.49. The van der Waals surface area contributed by atoms with Crippen molar-refractivity contribution in [3.63, 3.8) is 0 Å². The fourth-order valence-electron chi connectivity index (χ4n) is 6.00. The van der Waals surface area contributed by atoms with Crippen molar-refractivity contribution in [2.75, 3.05) is 18.5 Å². The number of nitrogens with one attached hydrogen (secondary N) is 2. The number of amides is 2. The summed E-state index contributed by atoms with van der Waals surface area (Å²) in [6.07, 6.45) is -3.64. The summed E-state index contributed by atoms with van der Waals surface area (Å²) < 4.78 is 74.6. The molecule has 5 heterocycles. The maximum Gasteiger partial charge on any atom is 0.408 e. The summed E-state index contributed by atoms with van der Waals surface area (Å²) in [5.74, 6) is -2.21. The van der Waals surface area contributed by atoms with Crippen LogP contribution in [0.3, 0.4) is 0 Å². The second kappa shape index (κ2) is 10.7. The quantitative estimate of drug-likeness (QED) is 0.390. The molecule has 41 heavy (non-hydrogen) atoms. The van der Waals surface area contributed by atoms with Gasteiger partial charge in [-0.3, -0.25) is 9.59 Å². The van der Waals surface area contributed by atoms with Crippen LogP contribution in [0, 0.1) is 5.92 Å². The molecule has 222 valence electrons. The van der Waals surface area contributed by atoms with E-state index in [0.717, 1.165) is 49.3 Å². The lowest BCUT2D eigenvalue weighted by Gasteiger charge is -2.23. The van der Waals surface area contributed by atoms with Crippen LogP contribution >= 0.6 is 11.3 Å². The summed E-state index contributed by atoms with van der Waals surface area (Å²) in [4.78, 5) is 36.8. The molecular formula is C26H28F5N5O4S. The van der Waals surface area contributed by atoms with Crippen molar-refractivity contribution in [2.45, 2.75) is 81.4 Å². The van der Waals surface area contributed by atoms with Crippen LogP contribution < -0.4 is 10.6 Å².